The zero-order chi connectivity index (χ0) is 13.9. The van der Waals surface area contributed by atoms with E-state index < -0.39 is 0 Å². The number of amides is 1. The third-order valence-electron chi connectivity index (χ3n) is 3.41. The van der Waals surface area contributed by atoms with Crippen molar-refractivity contribution < 1.29 is 9.18 Å². The SMILES string of the molecule is O=C(C=Cc1ccc(F)cc1)N1CCc2sccc2C1. The van der Waals surface area contributed by atoms with E-state index in [2.05, 4.69) is 11.4 Å². The van der Waals surface area contributed by atoms with Crippen LogP contribution >= 0.6 is 11.3 Å². The van der Waals surface area contributed by atoms with Crippen molar-refractivity contribution in [2.45, 2.75) is 13.0 Å². The number of nitrogens with zero attached hydrogens (tertiary/aromatic N) is 1. The summed E-state index contributed by atoms with van der Waals surface area (Å²) in [4.78, 5) is 15.4. The molecular weight excluding hydrogens is 273 g/mol. The summed E-state index contributed by atoms with van der Waals surface area (Å²) in [6.45, 7) is 1.45. The molecule has 0 fully saturated rings. The molecule has 4 heteroatoms. The van der Waals surface area contributed by atoms with Crippen LogP contribution in [-0.4, -0.2) is 17.4 Å². The van der Waals surface area contributed by atoms with Crippen molar-refractivity contribution in [2.24, 2.45) is 0 Å². The molecule has 0 N–H and O–H groups in total. The van der Waals surface area contributed by atoms with Crippen LogP contribution < -0.4 is 0 Å². The molecule has 0 spiro atoms. The lowest BCUT2D eigenvalue weighted by Crippen LogP contribution is -2.34. The van der Waals surface area contributed by atoms with Gasteiger partial charge in [0, 0.05) is 24.0 Å². The Hall–Kier alpha value is -1.94. The maximum Gasteiger partial charge on any atom is 0.246 e. The summed E-state index contributed by atoms with van der Waals surface area (Å²) >= 11 is 1.76. The average Bonchev–Trinajstić information content (AvgIpc) is 2.93. The van der Waals surface area contributed by atoms with Gasteiger partial charge in [-0.3, -0.25) is 4.79 Å². The second kappa shape index (κ2) is 5.59. The lowest BCUT2D eigenvalue weighted by atomic mass is 10.1. The Balaban J connectivity index is 1.67. The van der Waals surface area contributed by atoms with Crippen molar-refractivity contribution in [2.75, 3.05) is 6.54 Å². The normalized spacial score (nSPS) is 14.6. The Bertz CT molecular complexity index is 645. The molecule has 2 aromatic rings. The van der Waals surface area contributed by atoms with E-state index in [1.165, 1.54) is 22.6 Å². The Morgan fingerprint density at radius 1 is 1.25 bits per heavy atom. The Labute approximate surface area is 121 Å². The van der Waals surface area contributed by atoms with E-state index in [0.717, 1.165) is 18.5 Å². The molecule has 0 bridgehead atoms. The van der Waals surface area contributed by atoms with Crippen LogP contribution in [0.4, 0.5) is 4.39 Å². The largest absolute Gasteiger partial charge is 0.334 e. The van der Waals surface area contributed by atoms with Gasteiger partial charge in [-0.2, -0.15) is 0 Å². The molecule has 0 atom stereocenters. The third kappa shape index (κ3) is 2.80. The Morgan fingerprint density at radius 2 is 2.05 bits per heavy atom. The van der Waals surface area contributed by atoms with Crippen LogP contribution in [0.2, 0.25) is 0 Å². The van der Waals surface area contributed by atoms with E-state index in [1.807, 2.05) is 4.90 Å². The maximum atomic E-state index is 12.8. The molecule has 2 heterocycles. The van der Waals surface area contributed by atoms with E-state index >= 15 is 0 Å². The van der Waals surface area contributed by atoms with Crippen LogP contribution in [0.15, 0.2) is 41.8 Å². The third-order valence-corrected chi connectivity index (χ3v) is 4.43. The van der Waals surface area contributed by atoms with Crippen LogP contribution in [0, 0.1) is 5.82 Å². The number of carbonyl (C=O) groups is 1. The number of hydrogen-bond donors (Lipinski definition) is 0. The van der Waals surface area contributed by atoms with Gasteiger partial charge in [0.25, 0.3) is 0 Å². The van der Waals surface area contributed by atoms with Gasteiger partial charge in [-0.15, -0.1) is 11.3 Å². The van der Waals surface area contributed by atoms with Crippen molar-refractivity contribution in [3.63, 3.8) is 0 Å². The first-order valence-electron chi connectivity index (χ1n) is 6.50. The van der Waals surface area contributed by atoms with Crippen molar-refractivity contribution in [1.82, 2.24) is 4.90 Å². The first-order chi connectivity index (χ1) is 9.72. The summed E-state index contributed by atoms with van der Waals surface area (Å²) < 4.78 is 12.8. The molecule has 1 aromatic heterocycles. The molecule has 1 amide bonds. The fraction of sp³-hybridized carbons (Fsp3) is 0.188. The van der Waals surface area contributed by atoms with Crippen LogP contribution in [0.25, 0.3) is 6.08 Å². The summed E-state index contributed by atoms with van der Waals surface area (Å²) in [6.07, 6.45) is 4.22. The van der Waals surface area contributed by atoms with Crippen molar-refractivity contribution in [3.8, 4) is 0 Å². The first kappa shape index (κ1) is 13.1. The minimum Gasteiger partial charge on any atom is -0.334 e. The monoisotopic (exact) mass is 287 g/mol. The van der Waals surface area contributed by atoms with Gasteiger partial charge in [0.1, 0.15) is 5.82 Å². The molecule has 3 rings (SSSR count). The van der Waals surface area contributed by atoms with Crippen LogP contribution in [0.1, 0.15) is 16.0 Å². The zero-order valence-corrected chi connectivity index (χ0v) is 11.7. The predicted molar refractivity (Wildman–Crippen MR) is 78.9 cm³/mol. The zero-order valence-electron chi connectivity index (χ0n) is 10.9. The number of thiophene rings is 1. The van der Waals surface area contributed by atoms with E-state index in [0.29, 0.717) is 6.54 Å². The van der Waals surface area contributed by atoms with Crippen LogP contribution in [0.3, 0.4) is 0 Å². The number of carbonyl (C=O) groups excluding carboxylic acids is 1. The minimum absolute atomic E-state index is 0.00572. The van der Waals surface area contributed by atoms with Crippen LogP contribution in [0.5, 0.6) is 0 Å². The van der Waals surface area contributed by atoms with Gasteiger partial charge in [0.2, 0.25) is 5.91 Å². The van der Waals surface area contributed by atoms with Gasteiger partial charge in [-0.05, 0) is 47.2 Å². The van der Waals surface area contributed by atoms with Crippen molar-refractivity contribution in [3.05, 3.63) is 63.6 Å². The number of benzene rings is 1. The van der Waals surface area contributed by atoms with Crippen molar-refractivity contribution in [1.29, 1.82) is 0 Å². The fourth-order valence-corrected chi connectivity index (χ4v) is 3.17. The molecule has 1 aliphatic heterocycles. The number of rotatable bonds is 2. The van der Waals surface area contributed by atoms with Gasteiger partial charge in [-0.1, -0.05) is 12.1 Å². The molecule has 0 unspecified atom stereocenters. The highest BCUT2D eigenvalue weighted by Crippen LogP contribution is 2.24. The molecule has 102 valence electrons. The number of halogens is 1. The summed E-state index contributed by atoms with van der Waals surface area (Å²) in [7, 11) is 0. The highest BCUT2D eigenvalue weighted by molar-refractivity contribution is 7.10. The minimum atomic E-state index is -0.269. The number of fused-ring (bicyclic) bond motifs is 1. The molecule has 2 nitrogen and oxygen atoms in total. The van der Waals surface area contributed by atoms with E-state index in [9.17, 15) is 9.18 Å². The lowest BCUT2D eigenvalue weighted by molar-refractivity contribution is -0.126. The second-order valence-corrected chi connectivity index (χ2v) is 5.76. The highest BCUT2D eigenvalue weighted by Gasteiger charge is 2.19. The average molecular weight is 287 g/mol. The highest BCUT2D eigenvalue weighted by atomic mass is 32.1. The molecule has 0 saturated heterocycles. The summed E-state index contributed by atoms with van der Waals surface area (Å²) in [6, 6.07) is 8.19. The van der Waals surface area contributed by atoms with Crippen LogP contribution in [-0.2, 0) is 17.8 Å². The van der Waals surface area contributed by atoms with Gasteiger partial charge >= 0.3 is 0 Å². The molecule has 0 aliphatic carbocycles. The molecular formula is C16H14FNOS. The molecule has 20 heavy (non-hydrogen) atoms. The quantitative estimate of drug-likeness (QED) is 0.774. The second-order valence-electron chi connectivity index (χ2n) is 4.76. The Kier molecular flexibility index (Phi) is 3.65. The van der Waals surface area contributed by atoms with E-state index in [1.54, 1.807) is 35.6 Å². The van der Waals surface area contributed by atoms with Gasteiger partial charge in [0.15, 0.2) is 0 Å². The van der Waals surface area contributed by atoms with E-state index in [4.69, 9.17) is 0 Å². The topological polar surface area (TPSA) is 20.3 Å². The fourth-order valence-electron chi connectivity index (χ4n) is 2.28. The van der Waals surface area contributed by atoms with Gasteiger partial charge in [-0.25, -0.2) is 4.39 Å². The van der Waals surface area contributed by atoms with Crippen molar-refractivity contribution >= 4 is 23.3 Å². The number of hydrogen-bond acceptors (Lipinski definition) is 2. The maximum absolute atomic E-state index is 12.8. The molecule has 0 saturated carbocycles. The Morgan fingerprint density at radius 3 is 2.85 bits per heavy atom. The van der Waals surface area contributed by atoms with Gasteiger partial charge < -0.3 is 4.90 Å². The summed E-state index contributed by atoms with van der Waals surface area (Å²) in [5.41, 5.74) is 2.08. The molecule has 0 radical (unpaired) electrons. The first-order valence-corrected chi connectivity index (χ1v) is 7.38. The standard InChI is InChI=1S/C16H14FNOS/c17-14-4-1-12(2-5-14)3-6-16(19)18-9-7-15-13(11-18)8-10-20-15/h1-6,8,10H,7,9,11H2. The summed E-state index contributed by atoms with van der Waals surface area (Å²) in [5, 5.41) is 2.08. The predicted octanol–water partition coefficient (Wildman–Crippen LogP) is 3.49. The smallest absolute Gasteiger partial charge is 0.246 e. The molecule has 1 aromatic carbocycles. The van der Waals surface area contributed by atoms with Gasteiger partial charge in [0.05, 0.1) is 0 Å². The lowest BCUT2D eigenvalue weighted by Gasteiger charge is -2.25. The van der Waals surface area contributed by atoms with E-state index in [-0.39, 0.29) is 11.7 Å². The summed E-state index contributed by atoms with van der Waals surface area (Å²) in [5.74, 6) is -0.263. The molecule has 1 aliphatic rings.